The van der Waals surface area contributed by atoms with Crippen LogP contribution in [0, 0.1) is 0 Å². The van der Waals surface area contributed by atoms with Crippen LogP contribution in [0.2, 0.25) is 10.0 Å². The molecule has 2 rings (SSSR count). The lowest BCUT2D eigenvalue weighted by molar-refractivity contribution is 0.0495. The number of phenolic OH excluding ortho intramolecular Hbond substituents is 1. The zero-order valence-corrected chi connectivity index (χ0v) is 19.7. The Morgan fingerprint density at radius 3 is 2.23 bits per heavy atom. The van der Waals surface area contributed by atoms with Gasteiger partial charge in [-0.05, 0) is 32.4 Å². The molecule has 0 unspecified atom stereocenters. The van der Waals surface area contributed by atoms with Crippen molar-refractivity contribution in [3.63, 3.8) is 0 Å². The van der Waals surface area contributed by atoms with Gasteiger partial charge in [0.25, 0.3) is 0 Å². The SMILES string of the molecule is CCCCCCOC(=O)c1ccccc1C(=O)c1cc(Cl)c(N(CC)CC)c(Cl)c1O. The topological polar surface area (TPSA) is 66.8 Å². The molecule has 0 amide bonds. The van der Waals surface area contributed by atoms with Crippen LogP contribution >= 0.6 is 23.2 Å². The third-order valence-corrected chi connectivity index (χ3v) is 5.76. The van der Waals surface area contributed by atoms with Crippen LogP contribution in [0.5, 0.6) is 5.75 Å². The highest BCUT2D eigenvalue weighted by molar-refractivity contribution is 6.41. The number of benzene rings is 2. The first-order chi connectivity index (χ1) is 14.9. The molecule has 0 atom stereocenters. The number of nitrogens with zero attached hydrogens (tertiary/aromatic N) is 1. The van der Waals surface area contributed by atoms with Gasteiger partial charge in [-0.2, -0.15) is 0 Å². The molecule has 1 N–H and O–H groups in total. The molecule has 0 saturated carbocycles. The number of carbonyl (C=O) groups is 2. The minimum Gasteiger partial charge on any atom is -0.506 e. The molecule has 31 heavy (non-hydrogen) atoms. The molecule has 0 bridgehead atoms. The maximum atomic E-state index is 13.2. The van der Waals surface area contributed by atoms with Gasteiger partial charge in [0.05, 0.1) is 28.4 Å². The van der Waals surface area contributed by atoms with Crippen molar-refractivity contribution >= 4 is 40.6 Å². The molecule has 0 fully saturated rings. The Bertz CT molecular complexity index is 926. The van der Waals surface area contributed by atoms with Crippen LogP contribution in [0.1, 0.15) is 72.7 Å². The van der Waals surface area contributed by atoms with Gasteiger partial charge in [-0.3, -0.25) is 4.79 Å². The summed E-state index contributed by atoms with van der Waals surface area (Å²) in [5.74, 6) is -1.48. The summed E-state index contributed by atoms with van der Waals surface area (Å²) in [6, 6.07) is 7.76. The van der Waals surface area contributed by atoms with Crippen molar-refractivity contribution in [3.8, 4) is 5.75 Å². The number of carbonyl (C=O) groups excluding carboxylic acids is 2. The van der Waals surface area contributed by atoms with E-state index in [4.69, 9.17) is 27.9 Å². The Hall–Kier alpha value is -2.24. The van der Waals surface area contributed by atoms with Crippen LogP contribution in [-0.4, -0.2) is 36.6 Å². The van der Waals surface area contributed by atoms with Crippen molar-refractivity contribution in [3.05, 3.63) is 57.1 Å². The Labute approximate surface area is 193 Å². The summed E-state index contributed by atoms with van der Waals surface area (Å²) in [6.45, 7) is 7.55. The second-order valence-electron chi connectivity index (χ2n) is 7.16. The fraction of sp³-hybridized carbons (Fsp3) is 0.417. The van der Waals surface area contributed by atoms with Crippen LogP contribution in [0.15, 0.2) is 30.3 Å². The van der Waals surface area contributed by atoms with E-state index in [1.54, 1.807) is 12.1 Å². The fourth-order valence-electron chi connectivity index (χ4n) is 3.38. The molecule has 7 heteroatoms. The van der Waals surface area contributed by atoms with Gasteiger partial charge in [0.1, 0.15) is 10.8 Å². The summed E-state index contributed by atoms with van der Waals surface area (Å²) in [7, 11) is 0. The first kappa shape index (κ1) is 25.0. The van der Waals surface area contributed by atoms with Gasteiger partial charge in [-0.1, -0.05) is 67.6 Å². The molecule has 0 aliphatic heterocycles. The zero-order valence-electron chi connectivity index (χ0n) is 18.2. The van der Waals surface area contributed by atoms with Gasteiger partial charge < -0.3 is 14.7 Å². The van der Waals surface area contributed by atoms with Gasteiger partial charge >= 0.3 is 5.97 Å². The van der Waals surface area contributed by atoms with Crippen molar-refractivity contribution in [1.29, 1.82) is 0 Å². The molecule has 0 radical (unpaired) electrons. The predicted octanol–water partition coefficient (Wildman–Crippen LogP) is 6.51. The van der Waals surface area contributed by atoms with Crippen molar-refractivity contribution in [2.45, 2.75) is 46.5 Å². The number of unbranched alkanes of at least 4 members (excludes halogenated alkanes) is 3. The maximum absolute atomic E-state index is 13.2. The van der Waals surface area contributed by atoms with Gasteiger partial charge in [-0.15, -0.1) is 0 Å². The number of hydrogen-bond donors (Lipinski definition) is 1. The Kier molecular flexibility index (Phi) is 9.66. The van der Waals surface area contributed by atoms with Gasteiger partial charge in [0.15, 0.2) is 5.78 Å². The van der Waals surface area contributed by atoms with Crippen molar-refractivity contribution in [1.82, 2.24) is 0 Å². The molecule has 2 aromatic carbocycles. The highest BCUT2D eigenvalue weighted by Crippen LogP contribution is 2.43. The third-order valence-electron chi connectivity index (χ3n) is 5.12. The van der Waals surface area contributed by atoms with E-state index in [0.717, 1.165) is 25.7 Å². The van der Waals surface area contributed by atoms with Gasteiger partial charge in [0.2, 0.25) is 0 Å². The Balaban J connectivity index is 2.35. The number of hydrogen-bond acceptors (Lipinski definition) is 5. The average molecular weight is 466 g/mol. The molecule has 0 heterocycles. The second-order valence-corrected chi connectivity index (χ2v) is 7.95. The number of halogens is 2. The van der Waals surface area contributed by atoms with E-state index < -0.39 is 11.8 Å². The number of ether oxygens (including phenoxy) is 1. The summed E-state index contributed by atoms with van der Waals surface area (Å²) in [6.07, 6.45) is 3.92. The third kappa shape index (κ3) is 5.92. The van der Waals surface area contributed by atoms with Crippen molar-refractivity contribution in [2.24, 2.45) is 0 Å². The number of anilines is 1. The molecule has 0 spiro atoms. The summed E-state index contributed by atoms with van der Waals surface area (Å²) < 4.78 is 5.35. The van der Waals surface area contributed by atoms with Crippen molar-refractivity contribution in [2.75, 3.05) is 24.6 Å². The smallest absolute Gasteiger partial charge is 0.338 e. The van der Waals surface area contributed by atoms with E-state index >= 15 is 0 Å². The number of phenols is 1. The first-order valence-corrected chi connectivity index (χ1v) is 11.4. The quantitative estimate of drug-likeness (QED) is 0.232. The van der Waals surface area contributed by atoms with Crippen molar-refractivity contribution < 1.29 is 19.4 Å². The lowest BCUT2D eigenvalue weighted by Gasteiger charge is -2.24. The minimum absolute atomic E-state index is 0.00975. The second kappa shape index (κ2) is 12.0. The van der Waals surface area contributed by atoms with E-state index in [1.807, 2.05) is 18.7 Å². The average Bonchev–Trinajstić information content (AvgIpc) is 2.78. The number of esters is 1. The molecule has 0 saturated heterocycles. The molecule has 2 aromatic rings. The highest BCUT2D eigenvalue weighted by Gasteiger charge is 2.26. The largest absolute Gasteiger partial charge is 0.506 e. The summed E-state index contributed by atoms with van der Waals surface area (Å²) >= 11 is 12.8. The van der Waals surface area contributed by atoms with E-state index in [1.165, 1.54) is 18.2 Å². The van der Waals surface area contributed by atoms with Crippen LogP contribution < -0.4 is 4.90 Å². The van der Waals surface area contributed by atoms with Gasteiger partial charge in [0, 0.05) is 18.7 Å². The lowest BCUT2D eigenvalue weighted by Crippen LogP contribution is -2.23. The number of ketones is 1. The Morgan fingerprint density at radius 2 is 1.61 bits per heavy atom. The van der Waals surface area contributed by atoms with E-state index in [-0.39, 0.29) is 32.5 Å². The first-order valence-electron chi connectivity index (χ1n) is 10.6. The molecule has 0 aliphatic carbocycles. The molecule has 5 nitrogen and oxygen atoms in total. The maximum Gasteiger partial charge on any atom is 0.338 e. The summed E-state index contributed by atoms with van der Waals surface area (Å²) in [4.78, 5) is 27.7. The molecule has 168 valence electrons. The van der Waals surface area contributed by atoms with Gasteiger partial charge in [-0.25, -0.2) is 4.79 Å². The molecule has 0 aromatic heterocycles. The van der Waals surface area contributed by atoms with Crippen LogP contribution in [0.4, 0.5) is 5.69 Å². The summed E-state index contributed by atoms with van der Waals surface area (Å²) in [5, 5.41) is 10.9. The van der Waals surface area contributed by atoms with E-state index in [2.05, 4.69) is 6.92 Å². The zero-order chi connectivity index (χ0) is 23.0. The monoisotopic (exact) mass is 465 g/mol. The predicted molar refractivity (Wildman–Crippen MR) is 126 cm³/mol. The Morgan fingerprint density at radius 1 is 0.968 bits per heavy atom. The standard InChI is InChI=1S/C24H29Cl2NO4/c1-4-7-8-11-14-31-24(30)17-13-10-9-12-16(17)22(28)18-15-19(25)21(20(26)23(18)29)27(5-2)6-3/h9-10,12-13,15,29H,4-8,11,14H2,1-3H3. The van der Waals surface area contributed by atoms with E-state index in [9.17, 15) is 14.7 Å². The highest BCUT2D eigenvalue weighted by atomic mass is 35.5. The molecular formula is C24H29Cl2NO4. The molecule has 0 aliphatic rings. The number of rotatable bonds is 11. The lowest BCUT2D eigenvalue weighted by atomic mass is 9.97. The summed E-state index contributed by atoms with van der Waals surface area (Å²) in [5.41, 5.74) is 0.679. The minimum atomic E-state index is -0.572. The number of aromatic hydroxyl groups is 1. The normalized spacial score (nSPS) is 10.7. The van der Waals surface area contributed by atoms with E-state index in [0.29, 0.717) is 25.4 Å². The van der Waals surface area contributed by atoms with Crippen LogP contribution in [-0.2, 0) is 4.74 Å². The fourth-order valence-corrected chi connectivity index (χ4v) is 4.07. The van der Waals surface area contributed by atoms with Crippen LogP contribution in [0.25, 0.3) is 0 Å². The molecular weight excluding hydrogens is 437 g/mol. The van der Waals surface area contributed by atoms with Crippen LogP contribution in [0.3, 0.4) is 0 Å².